The molecule has 0 spiro atoms. The molecule has 0 fully saturated rings. The van der Waals surface area contributed by atoms with Crippen molar-refractivity contribution in [2.45, 2.75) is 32.8 Å². The van der Waals surface area contributed by atoms with Crippen LogP contribution < -0.4 is 0 Å². The Kier molecular flexibility index (Phi) is 5.16. The number of ether oxygens (including phenoxy) is 1. The van der Waals surface area contributed by atoms with Gasteiger partial charge in [0.2, 0.25) is 5.78 Å². The van der Waals surface area contributed by atoms with Gasteiger partial charge in [0.05, 0.1) is 6.10 Å². The van der Waals surface area contributed by atoms with E-state index >= 15 is 0 Å². The van der Waals surface area contributed by atoms with Gasteiger partial charge in [-0.15, -0.1) is 0 Å². The van der Waals surface area contributed by atoms with Crippen LogP contribution in [0.4, 0.5) is 0 Å². The van der Waals surface area contributed by atoms with E-state index < -0.39 is 11.8 Å². The van der Waals surface area contributed by atoms with E-state index in [2.05, 4.69) is 0 Å². The molecule has 0 aliphatic rings. The van der Waals surface area contributed by atoms with Gasteiger partial charge in [-0.2, -0.15) is 0 Å². The topological polar surface area (TPSA) is 43.4 Å². The molecule has 0 heterocycles. The summed E-state index contributed by atoms with van der Waals surface area (Å²) in [5, 5.41) is 0.625. The molecule has 92 valence electrons. The van der Waals surface area contributed by atoms with E-state index in [1.165, 1.54) is 0 Å². The fourth-order valence-corrected chi connectivity index (χ4v) is 1.55. The number of benzene rings is 1. The third kappa shape index (κ3) is 5.00. The molecule has 0 saturated heterocycles. The van der Waals surface area contributed by atoms with Gasteiger partial charge in [0.15, 0.2) is 0 Å². The Morgan fingerprint density at radius 3 is 2.65 bits per heavy atom. The minimum atomic E-state index is -0.762. The quantitative estimate of drug-likeness (QED) is 0.599. The maximum absolute atomic E-state index is 11.4. The van der Waals surface area contributed by atoms with Crippen LogP contribution in [0.3, 0.4) is 0 Å². The van der Waals surface area contributed by atoms with Gasteiger partial charge in [-0.1, -0.05) is 23.7 Å². The SMILES string of the molecule is CC(C)OC(=O)C(=O)CCc1cccc(Cl)c1. The van der Waals surface area contributed by atoms with Crippen molar-refractivity contribution in [2.75, 3.05) is 0 Å². The van der Waals surface area contributed by atoms with Crippen molar-refractivity contribution in [1.29, 1.82) is 0 Å². The zero-order valence-electron chi connectivity index (χ0n) is 9.90. The summed E-state index contributed by atoms with van der Waals surface area (Å²) in [5.41, 5.74) is 0.934. The Balaban J connectivity index is 2.45. The molecule has 1 aromatic carbocycles. The first-order valence-corrected chi connectivity index (χ1v) is 5.85. The molecule has 0 saturated carbocycles. The van der Waals surface area contributed by atoms with Gasteiger partial charge < -0.3 is 4.74 Å². The van der Waals surface area contributed by atoms with Crippen LogP contribution in [-0.2, 0) is 20.7 Å². The fourth-order valence-electron chi connectivity index (χ4n) is 1.33. The Labute approximate surface area is 106 Å². The number of halogens is 1. The number of hydrogen-bond donors (Lipinski definition) is 0. The number of carbonyl (C=O) groups excluding carboxylic acids is 2. The maximum Gasteiger partial charge on any atom is 0.374 e. The molecule has 0 N–H and O–H groups in total. The summed E-state index contributed by atoms with van der Waals surface area (Å²) in [5.74, 6) is -1.26. The summed E-state index contributed by atoms with van der Waals surface area (Å²) < 4.78 is 4.81. The second-order valence-electron chi connectivity index (χ2n) is 4.01. The molecule has 0 unspecified atom stereocenters. The zero-order chi connectivity index (χ0) is 12.8. The van der Waals surface area contributed by atoms with Crippen LogP contribution in [0.5, 0.6) is 0 Å². The van der Waals surface area contributed by atoms with Gasteiger partial charge in [-0.3, -0.25) is 4.79 Å². The average molecular weight is 255 g/mol. The molecule has 0 aliphatic heterocycles. The first-order valence-electron chi connectivity index (χ1n) is 5.47. The van der Waals surface area contributed by atoms with Crippen molar-refractivity contribution in [3.8, 4) is 0 Å². The standard InChI is InChI=1S/C13H15ClO3/c1-9(2)17-13(16)12(15)7-6-10-4-3-5-11(14)8-10/h3-5,8-9H,6-7H2,1-2H3. The largest absolute Gasteiger partial charge is 0.457 e. The van der Waals surface area contributed by atoms with Gasteiger partial charge in [-0.25, -0.2) is 4.79 Å². The Bertz CT molecular complexity index is 413. The first kappa shape index (κ1) is 13.7. The molecule has 0 aromatic heterocycles. The van der Waals surface area contributed by atoms with Gasteiger partial charge in [0, 0.05) is 11.4 Å². The molecular weight excluding hydrogens is 240 g/mol. The van der Waals surface area contributed by atoms with Crippen molar-refractivity contribution in [3.63, 3.8) is 0 Å². The molecule has 3 nitrogen and oxygen atoms in total. The van der Waals surface area contributed by atoms with Crippen LogP contribution in [0.25, 0.3) is 0 Å². The maximum atomic E-state index is 11.4. The lowest BCUT2D eigenvalue weighted by molar-refractivity contribution is -0.156. The molecular formula is C13H15ClO3. The van der Waals surface area contributed by atoms with Gasteiger partial charge >= 0.3 is 5.97 Å². The molecule has 1 rings (SSSR count). The van der Waals surface area contributed by atoms with Crippen LogP contribution in [0.1, 0.15) is 25.8 Å². The number of Topliss-reactive ketones (excluding diaryl/α,β-unsaturated/α-hetero) is 1. The van der Waals surface area contributed by atoms with Crippen LogP contribution in [0.2, 0.25) is 5.02 Å². The van der Waals surface area contributed by atoms with E-state index in [9.17, 15) is 9.59 Å². The Morgan fingerprint density at radius 1 is 1.35 bits per heavy atom. The van der Waals surface area contributed by atoms with E-state index in [1.807, 2.05) is 12.1 Å². The highest BCUT2D eigenvalue weighted by Crippen LogP contribution is 2.12. The molecule has 4 heteroatoms. The summed E-state index contributed by atoms with van der Waals surface area (Å²) in [4.78, 5) is 22.7. The van der Waals surface area contributed by atoms with E-state index in [0.29, 0.717) is 11.4 Å². The van der Waals surface area contributed by atoms with E-state index in [1.54, 1.807) is 26.0 Å². The normalized spacial score (nSPS) is 10.4. The summed E-state index contributed by atoms with van der Waals surface area (Å²) in [6.45, 7) is 3.42. The molecule has 0 aliphatic carbocycles. The lowest BCUT2D eigenvalue weighted by Crippen LogP contribution is -2.21. The van der Waals surface area contributed by atoms with E-state index in [4.69, 9.17) is 16.3 Å². The Hall–Kier alpha value is -1.35. The fraction of sp³-hybridized carbons (Fsp3) is 0.385. The van der Waals surface area contributed by atoms with Gasteiger partial charge in [0.1, 0.15) is 0 Å². The monoisotopic (exact) mass is 254 g/mol. The number of carbonyl (C=O) groups is 2. The predicted octanol–water partition coefficient (Wildman–Crippen LogP) is 2.79. The van der Waals surface area contributed by atoms with Crippen LogP contribution in [0, 0.1) is 0 Å². The lowest BCUT2D eigenvalue weighted by atomic mass is 10.1. The average Bonchev–Trinajstić information content (AvgIpc) is 2.25. The summed E-state index contributed by atoms with van der Waals surface area (Å²) in [6, 6.07) is 7.23. The van der Waals surface area contributed by atoms with Gasteiger partial charge in [-0.05, 0) is 38.0 Å². The Morgan fingerprint density at radius 2 is 2.06 bits per heavy atom. The second-order valence-corrected chi connectivity index (χ2v) is 4.44. The molecule has 0 radical (unpaired) electrons. The summed E-state index contributed by atoms with van der Waals surface area (Å²) >= 11 is 5.81. The third-order valence-electron chi connectivity index (χ3n) is 2.10. The lowest BCUT2D eigenvalue weighted by Gasteiger charge is -2.06. The molecule has 0 bridgehead atoms. The van der Waals surface area contributed by atoms with E-state index in [0.717, 1.165) is 5.56 Å². The molecule has 0 atom stereocenters. The highest BCUT2D eigenvalue weighted by Gasteiger charge is 2.16. The van der Waals surface area contributed by atoms with Crippen LogP contribution >= 0.6 is 11.6 Å². The van der Waals surface area contributed by atoms with Crippen LogP contribution in [-0.4, -0.2) is 17.9 Å². The first-order chi connectivity index (χ1) is 7.99. The molecule has 0 amide bonds. The third-order valence-corrected chi connectivity index (χ3v) is 2.34. The number of aryl methyl sites for hydroxylation is 1. The van der Waals surface area contributed by atoms with Gasteiger partial charge in [0.25, 0.3) is 0 Å². The van der Waals surface area contributed by atoms with Crippen molar-refractivity contribution < 1.29 is 14.3 Å². The number of rotatable bonds is 5. The minimum absolute atomic E-state index is 0.145. The van der Waals surface area contributed by atoms with Crippen molar-refractivity contribution in [2.24, 2.45) is 0 Å². The van der Waals surface area contributed by atoms with Crippen molar-refractivity contribution in [1.82, 2.24) is 0 Å². The number of ketones is 1. The molecule has 17 heavy (non-hydrogen) atoms. The van der Waals surface area contributed by atoms with Crippen molar-refractivity contribution >= 4 is 23.4 Å². The molecule has 1 aromatic rings. The summed E-state index contributed by atoms with van der Waals surface area (Å²) in [7, 11) is 0. The highest BCUT2D eigenvalue weighted by atomic mass is 35.5. The minimum Gasteiger partial charge on any atom is -0.457 e. The van der Waals surface area contributed by atoms with Crippen molar-refractivity contribution in [3.05, 3.63) is 34.9 Å². The van der Waals surface area contributed by atoms with Crippen LogP contribution in [0.15, 0.2) is 24.3 Å². The predicted molar refractivity (Wildman–Crippen MR) is 66.0 cm³/mol. The number of hydrogen-bond acceptors (Lipinski definition) is 3. The van der Waals surface area contributed by atoms with E-state index in [-0.39, 0.29) is 12.5 Å². The second kappa shape index (κ2) is 6.40. The highest BCUT2D eigenvalue weighted by molar-refractivity contribution is 6.33. The number of esters is 1. The zero-order valence-corrected chi connectivity index (χ0v) is 10.7. The smallest absolute Gasteiger partial charge is 0.374 e. The summed E-state index contributed by atoms with van der Waals surface area (Å²) in [6.07, 6.45) is 0.371.